The lowest BCUT2D eigenvalue weighted by Crippen LogP contribution is -2.60. The fourth-order valence-electron chi connectivity index (χ4n) is 9.49. The molecule has 77 heavy (non-hydrogen) atoms. The summed E-state index contributed by atoms with van der Waals surface area (Å²) >= 11 is 1.35. The number of hydrogen-bond donors (Lipinski definition) is 1. The second-order valence-electron chi connectivity index (χ2n) is 19.0. The summed E-state index contributed by atoms with van der Waals surface area (Å²) in [4.78, 5) is 4.84. The summed E-state index contributed by atoms with van der Waals surface area (Å²) in [7, 11) is 1.56. The van der Waals surface area contributed by atoms with E-state index in [9.17, 15) is 5.11 Å². The number of hydrogen-bond acceptors (Lipinski definition) is 14. The van der Waals surface area contributed by atoms with E-state index >= 15 is 0 Å². The molecular formula is C63H65NO12S. The van der Waals surface area contributed by atoms with E-state index in [-0.39, 0.29) is 39.6 Å². The van der Waals surface area contributed by atoms with Crippen molar-refractivity contribution in [3.63, 3.8) is 0 Å². The van der Waals surface area contributed by atoms with Crippen LogP contribution in [0.25, 0.3) is 11.1 Å². The predicted octanol–water partition coefficient (Wildman–Crippen LogP) is 11.0. The monoisotopic (exact) mass is 1060 g/mol. The third kappa shape index (κ3) is 15.1. The van der Waals surface area contributed by atoms with E-state index in [2.05, 4.69) is 0 Å². The van der Waals surface area contributed by atoms with Crippen LogP contribution < -0.4 is 0 Å². The van der Waals surface area contributed by atoms with Crippen LogP contribution in [0.15, 0.2) is 210 Å². The van der Waals surface area contributed by atoms with Crippen LogP contribution in [0.4, 0.5) is 0 Å². The highest BCUT2D eigenvalue weighted by Gasteiger charge is 2.50. The van der Waals surface area contributed by atoms with E-state index in [1.807, 2.05) is 200 Å². The molecule has 0 aliphatic carbocycles. The lowest BCUT2D eigenvalue weighted by molar-refractivity contribution is -0.315. The van der Waals surface area contributed by atoms with Gasteiger partial charge in [0.15, 0.2) is 11.9 Å². The fraction of sp³-hybridized carbons (Fsp3) is 0.317. The van der Waals surface area contributed by atoms with Crippen molar-refractivity contribution in [2.75, 3.05) is 20.3 Å². The van der Waals surface area contributed by atoms with E-state index in [4.69, 9.17) is 56.8 Å². The number of methoxy groups -OCH3 is 1. The maximum absolute atomic E-state index is 11.9. The van der Waals surface area contributed by atoms with Gasteiger partial charge in [0.1, 0.15) is 59.8 Å². The quantitative estimate of drug-likeness (QED) is 0.0550. The average molecular weight is 1060 g/mol. The van der Waals surface area contributed by atoms with Crippen LogP contribution in [-0.2, 0) is 93.6 Å². The molecule has 14 heteroatoms. The molecule has 7 aromatic carbocycles. The smallest absolute Gasteiger partial charge is 0.259 e. The van der Waals surface area contributed by atoms with Crippen molar-refractivity contribution in [3.05, 3.63) is 239 Å². The van der Waals surface area contributed by atoms with E-state index in [1.54, 1.807) is 7.11 Å². The second kappa shape index (κ2) is 28.0. The van der Waals surface area contributed by atoms with E-state index in [0.717, 1.165) is 44.5 Å². The molecule has 1 aromatic heterocycles. The van der Waals surface area contributed by atoms with E-state index in [0.29, 0.717) is 30.6 Å². The minimum absolute atomic E-state index is 0.0630. The van der Waals surface area contributed by atoms with Crippen LogP contribution in [0.2, 0.25) is 0 Å². The Morgan fingerprint density at radius 2 is 0.857 bits per heavy atom. The average Bonchev–Trinajstić information content (AvgIpc) is 3.91. The highest BCUT2D eigenvalue weighted by atomic mass is 32.2. The van der Waals surface area contributed by atoms with Gasteiger partial charge in [-0.2, -0.15) is 0 Å². The number of aliphatic hydroxyl groups excluding tert-OH is 1. The summed E-state index contributed by atoms with van der Waals surface area (Å²) < 4.78 is 72.1. The molecule has 0 bridgehead atoms. The van der Waals surface area contributed by atoms with Gasteiger partial charge in [-0.3, -0.25) is 0 Å². The number of para-hydroxylation sites is 2. The molecule has 0 saturated carbocycles. The standard InChI is InChI=1S/C63H65NO12S/c1-66-61-59(72-40-48-28-15-6-16-29-48)57(70-38-46-24-11-4-12-25-46)55(65)53(74-61)42-68-36-49-30-19-31-50(34-49)41-73-60-58(71-39-47-26-13-5-14-27-47)56(69-37-45-22-9-3-10-23-45)54(43-67-35-44-20-7-2-8-21-44)75-62(60)77-63-64-51-32-17-18-33-52(51)76-63/h2-34,53-62,65H,35-43H2,1H3/t53-,54-,55-,56-,57+,58+,59-,60+,61+,62-/m1/s1. The Hall–Kier alpha value is -6.08. The second-order valence-corrected chi connectivity index (χ2v) is 20.1. The molecule has 0 spiro atoms. The Labute approximate surface area is 454 Å². The topological polar surface area (TPSA) is 139 Å². The van der Waals surface area contributed by atoms with Gasteiger partial charge in [0.05, 0.1) is 59.5 Å². The number of oxazole rings is 1. The maximum Gasteiger partial charge on any atom is 0.259 e. The van der Waals surface area contributed by atoms with Gasteiger partial charge >= 0.3 is 0 Å². The van der Waals surface area contributed by atoms with Crippen LogP contribution in [0.3, 0.4) is 0 Å². The molecule has 2 aliphatic rings. The highest BCUT2D eigenvalue weighted by molar-refractivity contribution is 7.99. The van der Waals surface area contributed by atoms with Gasteiger partial charge in [-0.15, -0.1) is 0 Å². The number of nitrogens with zero attached hydrogens (tertiary/aromatic N) is 1. The SMILES string of the molecule is CO[C@H]1O[C@H](COCc2cccc(CO[C@H]3[C@@H](OCc4ccccc4)[C@H](OCc4ccccc4)[C@@H](COCc4ccccc4)O[C@@H]3Sc3nc4ccccc4o3)c2)[C@@H](O)[C@H](OCc2ccccc2)[C@H]1OCc1ccccc1. The lowest BCUT2D eigenvalue weighted by atomic mass is 9.98. The largest absolute Gasteiger partial charge is 0.431 e. The summed E-state index contributed by atoms with van der Waals surface area (Å²) in [5.41, 5.74) is 7.53. The van der Waals surface area contributed by atoms with Crippen molar-refractivity contribution in [3.8, 4) is 0 Å². The molecule has 0 radical (unpaired) electrons. The lowest BCUT2D eigenvalue weighted by Gasteiger charge is -2.45. The summed E-state index contributed by atoms with van der Waals surface area (Å²) in [5.74, 6) is 0. The molecule has 8 aromatic rings. The van der Waals surface area contributed by atoms with Crippen LogP contribution in [0, 0.1) is 0 Å². The third-order valence-electron chi connectivity index (χ3n) is 13.5. The molecule has 400 valence electrons. The van der Waals surface area contributed by atoms with Crippen LogP contribution >= 0.6 is 11.8 Å². The minimum atomic E-state index is -1.09. The maximum atomic E-state index is 11.9. The third-order valence-corrected chi connectivity index (χ3v) is 14.4. The molecule has 13 nitrogen and oxygen atoms in total. The van der Waals surface area contributed by atoms with Crippen molar-refractivity contribution in [2.45, 2.75) is 112 Å². The van der Waals surface area contributed by atoms with Gasteiger partial charge in [-0.05, 0) is 62.8 Å². The molecule has 10 atom stereocenters. The van der Waals surface area contributed by atoms with Crippen molar-refractivity contribution in [2.24, 2.45) is 0 Å². The Morgan fingerprint density at radius 3 is 1.42 bits per heavy atom. The molecule has 2 saturated heterocycles. The molecule has 0 amide bonds. The molecular weight excluding hydrogens is 995 g/mol. The first kappa shape index (κ1) is 54.3. The van der Waals surface area contributed by atoms with Crippen LogP contribution in [0.5, 0.6) is 0 Å². The number of aromatic nitrogens is 1. The highest BCUT2D eigenvalue weighted by Crippen LogP contribution is 2.39. The normalized spacial score (nSPS) is 23.5. The predicted molar refractivity (Wildman–Crippen MR) is 291 cm³/mol. The molecule has 3 heterocycles. The summed E-state index contributed by atoms with van der Waals surface area (Å²) in [6.45, 7) is 2.26. The first-order chi connectivity index (χ1) is 38.0. The zero-order valence-corrected chi connectivity index (χ0v) is 43.8. The number of benzene rings is 7. The first-order valence-electron chi connectivity index (χ1n) is 26.1. The fourth-order valence-corrected chi connectivity index (χ4v) is 10.5. The number of fused-ring (bicyclic) bond motifs is 1. The number of aliphatic hydroxyl groups is 1. The van der Waals surface area contributed by atoms with Gasteiger partial charge in [-0.25, -0.2) is 4.98 Å². The molecule has 1 N–H and O–H groups in total. The van der Waals surface area contributed by atoms with Gasteiger partial charge in [0.25, 0.3) is 5.22 Å². The Morgan fingerprint density at radius 1 is 0.429 bits per heavy atom. The summed E-state index contributed by atoms with van der Waals surface area (Å²) in [5, 5.41) is 12.3. The van der Waals surface area contributed by atoms with Gasteiger partial charge < -0.3 is 56.9 Å². The molecule has 2 aliphatic heterocycles. The van der Waals surface area contributed by atoms with Crippen molar-refractivity contribution < 1.29 is 56.9 Å². The number of rotatable bonds is 26. The molecule has 10 rings (SSSR count). The van der Waals surface area contributed by atoms with Crippen molar-refractivity contribution in [1.29, 1.82) is 0 Å². The number of thioether (sulfide) groups is 1. The Balaban J connectivity index is 0.866. The Kier molecular flexibility index (Phi) is 19.7. The van der Waals surface area contributed by atoms with E-state index in [1.165, 1.54) is 11.8 Å². The zero-order chi connectivity index (χ0) is 52.4. The van der Waals surface area contributed by atoms with Crippen molar-refractivity contribution >= 4 is 22.9 Å². The number of ether oxygens (including phenoxy) is 10. The van der Waals surface area contributed by atoms with Gasteiger partial charge in [0.2, 0.25) is 0 Å². The van der Waals surface area contributed by atoms with Crippen LogP contribution in [-0.4, -0.2) is 91.0 Å². The van der Waals surface area contributed by atoms with Crippen LogP contribution in [0.1, 0.15) is 38.9 Å². The molecule has 0 unspecified atom stereocenters. The summed E-state index contributed by atoms with van der Waals surface area (Å²) in [6, 6.07) is 65.6. The minimum Gasteiger partial charge on any atom is -0.431 e. The zero-order valence-electron chi connectivity index (χ0n) is 43.0. The first-order valence-corrected chi connectivity index (χ1v) is 27.0. The van der Waals surface area contributed by atoms with E-state index < -0.39 is 60.6 Å². The Bertz CT molecular complexity index is 2920. The van der Waals surface area contributed by atoms with Gasteiger partial charge in [-0.1, -0.05) is 188 Å². The van der Waals surface area contributed by atoms with Gasteiger partial charge in [0, 0.05) is 7.11 Å². The molecule has 2 fully saturated rings. The summed E-state index contributed by atoms with van der Waals surface area (Å²) in [6.07, 6.45) is -6.72. The van der Waals surface area contributed by atoms with Crippen molar-refractivity contribution in [1.82, 2.24) is 4.98 Å².